The van der Waals surface area contributed by atoms with Gasteiger partial charge in [0, 0.05) is 25.1 Å². The van der Waals surface area contributed by atoms with Crippen molar-refractivity contribution in [3.05, 3.63) is 18.2 Å². The zero-order chi connectivity index (χ0) is 17.6. The second-order valence-corrected chi connectivity index (χ2v) is 7.48. The Morgan fingerprint density at radius 3 is 2.46 bits per heavy atom. The molecule has 0 spiro atoms. The number of methoxy groups -OCH3 is 2. The lowest BCUT2D eigenvalue weighted by Gasteiger charge is -2.13. The molecule has 0 aromatic heterocycles. The topological polar surface area (TPSA) is 93.7 Å². The molecule has 1 amide bonds. The van der Waals surface area contributed by atoms with E-state index >= 15 is 0 Å². The molecule has 2 rings (SSSR count). The minimum absolute atomic E-state index is 0.0508. The molecule has 1 aliphatic carbocycles. The third-order valence-corrected chi connectivity index (χ3v) is 5.49. The summed E-state index contributed by atoms with van der Waals surface area (Å²) in [5.74, 6) is 0.656. The number of hydrogen-bond donors (Lipinski definition) is 2. The van der Waals surface area contributed by atoms with Crippen molar-refractivity contribution in [2.75, 3.05) is 20.8 Å². The van der Waals surface area contributed by atoms with Crippen molar-refractivity contribution in [1.29, 1.82) is 0 Å². The number of amides is 1. The van der Waals surface area contributed by atoms with Crippen molar-refractivity contribution >= 4 is 15.9 Å². The van der Waals surface area contributed by atoms with Crippen LogP contribution in [0.2, 0.25) is 0 Å². The Balaban J connectivity index is 1.90. The highest BCUT2D eigenvalue weighted by molar-refractivity contribution is 7.89. The summed E-state index contributed by atoms with van der Waals surface area (Å²) in [6.07, 6.45) is 4.39. The zero-order valence-electron chi connectivity index (χ0n) is 14.0. The average Bonchev–Trinajstić information content (AvgIpc) is 3.06. The zero-order valence-corrected chi connectivity index (χ0v) is 14.8. The van der Waals surface area contributed by atoms with E-state index in [1.54, 1.807) is 0 Å². The number of rotatable bonds is 8. The highest BCUT2D eigenvalue weighted by atomic mass is 32.2. The van der Waals surface area contributed by atoms with Crippen LogP contribution in [0.1, 0.15) is 32.1 Å². The quantitative estimate of drug-likeness (QED) is 0.735. The molecule has 0 atom stereocenters. The van der Waals surface area contributed by atoms with Gasteiger partial charge in [0.25, 0.3) is 0 Å². The lowest BCUT2D eigenvalue weighted by Crippen LogP contribution is -2.35. The number of ether oxygens (including phenoxy) is 2. The standard InChI is InChI=1S/C16H24N2O5S/c1-22-14-8-7-13(11-15(14)23-2)24(20,21)17-10-9-16(19)18-12-5-3-4-6-12/h7-8,11-12,17H,3-6,9-10H2,1-2H3,(H,18,19). The molecule has 1 fully saturated rings. The van der Waals surface area contributed by atoms with Crippen LogP contribution in [0.5, 0.6) is 11.5 Å². The molecular formula is C16H24N2O5S. The third kappa shape index (κ3) is 4.85. The van der Waals surface area contributed by atoms with Crippen molar-refractivity contribution in [3.8, 4) is 11.5 Å². The number of hydrogen-bond acceptors (Lipinski definition) is 5. The Labute approximate surface area is 142 Å². The minimum atomic E-state index is -3.71. The summed E-state index contributed by atoms with van der Waals surface area (Å²) < 4.78 is 37.2. The maximum Gasteiger partial charge on any atom is 0.240 e. The highest BCUT2D eigenvalue weighted by Gasteiger charge is 2.19. The van der Waals surface area contributed by atoms with Crippen LogP contribution in [-0.2, 0) is 14.8 Å². The first-order valence-electron chi connectivity index (χ1n) is 7.97. The summed E-state index contributed by atoms with van der Waals surface area (Å²) in [4.78, 5) is 11.9. The van der Waals surface area contributed by atoms with Gasteiger partial charge in [0.1, 0.15) is 0 Å². The van der Waals surface area contributed by atoms with E-state index in [0.717, 1.165) is 25.7 Å². The number of nitrogens with one attached hydrogen (secondary N) is 2. The van der Waals surface area contributed by atoms with Gasteiger partial charge in [-0.15, -0.1) is 0 Å². The Bertz CT molecular complexity index is 669. The fourth-order valence-corrected chi connectivity index (χ4v) is 3.78. The monoisotopic (exact) mass is 356 g/mol. The van der Waals surface area contributed by atoms with Crippen LogP contribution in [0.4, 0.5) is 0 Å². The van der Waals surface area contributed by atoms with Crippen molar-refractivity contribution in [2.45, 2.75) is 43.0 Å². The average molecular weight is 356 g/mol. The van der Waals surface area contributed by atoms with E-state index in [2.05, 4.69) is 10.0 Å². The van der Waals surface area contributed by atoms with E-state index in [1.807, 2.05) is 0 Å². The van der Waals surface area contributed by atoms with Gasteiger partial charge in [0.15, 0.2) is 11.5 Å². The molecule has 1 aromatic carbocycles. The first kappa shape index (κ1) is 18.5. The minimum Gasteiger partial charge on any atom is -0.493 e. The SMILES string of the molecule is COc1ccc(S(=O)(=O)NCCC(=O)NC2CCCC2)cc1OC. The maximum absolute atomic E-state index is 12.3. The number of sulfonamides is 1. The smallest absolute Gasteiger partial charge is 0.240 e. The Morgan fingerprint density at radius 2 is 1.83 bits per heavy atom. The van der Waals surface area contributed by atoms with Gasteiger partial charge in [-0.2, -0.15) is 0 Å². The van der Waals surface area contributed by atoms with Crippen LogP contribution in [0.15, 0.2) is 23.1 Å². The fourth-order valence-electron chi connectivity index (χ4n) is 2.74. The van der Waals surface area contributed by atoms with E-state index < -0.39 is 10.0 Å². The first-order valence-corrected chi connectivity index (χ1v) is 9.45. The van der Waals surface area contributed by atoms with Gasteiger partial charge >= 0.3 is 0 Å². The molecule has 134 valence electrons. The van der Waals surface area contributed by atoms with E-state index in [1.165, 1.54) is 32.4 Å². The normalized spacial score (nSPS) is 15.2. The molecule has 0 unspecified atom stereocenters. The molecule has 0 saturated heterocycles. The lowest BCUT2D eigenvalue weighted by atomic mass is 10.2. The molecule has 0 heterocycles. The summed E-state index contributed by atoms with van der Waals surface area (Å²) in [5, 5.41) is 2.93. The molecule has 0 bridgehead atoms. The summed E-state index contributed by atoms with van der Waals surface area (Å²) in [5.41, 5.74) is 0. The van der Waals surface area contributed by atoms with Gasteiger partial charge in [-0.3, -0.25) is 4.79 Å². The lowest BCUT2D eigenvalue weighted by molar-refractivity contribution is -0.121. The Hall–Kier alpha value is -1.80. The van der Waals surface area contributed by atoms with Crippen LogP contribution in [0.3, 0.4) is 0 Å². The van der Waals surface area contributed by atoms with Gasteiger partial charge in [0.05, 0.1) is 19.1 Å². The van der Waals surface area contributed by atoms with Gasteiger partial charge in [-0.25, -0.2) is 13.1 Å². The van der Waals surface area contributed by atoms with Gasteiger partial charge < -0.3 is 14.8 Å². The van der Waals surface area contributed by atoms with Gasteiger partial charge in [0.2, 0.25) is 15.9 Å². The highest BCUT2D eigenvalue weighted by Crippen LogP contribution is 2.29. The maximum atomic E-state index is 12.3. The molecule has 0 aliphatic heterocycles. The molecule has 2 N–H and O–H groups in total. The molecule has 7 nitrogen and oxygen atoms in total. The van der Waals surface area contributed by atoms with E-state index in [4.69, 9.17) is 9.47 Å². The number of benzene rings is 1. The van der Waals surface area contributed by atoms with Crippen molar-refractivity contribution in [2.24, 2.45) is 0 Å². The van der Waals surface area contributed by atoms with Gasteiger partial charge in [-0.05, 0) is 25.0 Å². The molecule has 8 heteroatoms. The molecule has 1 aromatic rings. The van der Waals surface area contributed by atoms with Crippen molar-refractivity contribution in [3.63, 3.8) is 0 Å². The molecule has 24 heavy (non-hydrogen) atoms. The van der Waals surface area contributed by atoms with Crippen LogP contribution < -0.4 is 19.5 Å². The summed E-state index contributed by atoms with van der Waals surface area (Å²) in [6.45, 7) is 0.0508. The fraction of sp³-hybridized carbons (Fsp3) is 0.562. The molecule has 1 aliphatic rings. The second-order valence-electron chi connectivity index (χ2n) is 5.71. The second kappa shape index (κ2) is 8.34. The van der Waals surface area contributed by atoms with E-state index in [0.29, 0.717) is 11.5 Å². The predicted molar refractivity (Wildman–Crippen MR) is 89.8 cm³/mol. The Morgan fingerprint density at radius 1 is 1.17 bits per heavy atom. The van der Waals surface area contributed by atoms with Gasteiger partial charge in [-0.1, -0.05) is 12.8 Å². The number of carbonyl (C=O) groups is 1. The third-order valence-electron chi connectivity index (χ3n) is 4.03. The Kier molecular flexibility index (Phi) is 6.44. The summed E-state index contributed by atoms with van der Waals surface area (Å²) in [7, 11) is -0.787. The van der Waals surface area contributed by atoms with E-state index in [9.17, 15) is 13.2 Å². The van der Waals surface area contributed by atoms with Crippen molar-refractivity contribution in [1.82, 2.24) is 10.0 Å². The summed E-state index contributed by atoms with van der Waals surface area (Å²) in [6, 6.07) is 4.59. The first-order chi connectivity index (χ1) is 11.5. The van der Waals surface area contributed by atoms with Crippen LogP contribution in [0.25, 0.3) is 0 Å². The van der Waals surface area contributed by atoms with Crippen LogP contribution in [0, 0.1) is 0 Å². The van der Waals surface area contributed by atoms with Crippen LogP contribution >= 0.6 is 0 Å². The largest absolute Gasteiger partial charge is 0.493 e. The van der Waals surface area contributed by atoms with Crippen molar-refractivity contribution < 1.29 is 22.7 Å². The molecule has 0 radical (unpaired) electrons. The molecular weight excluding hydrogens is 332 g/mol. The predicted octanol–water partition coefficient (Wildman–Crippen LogP) is 1.43. The molecule has 1 saturated carbocycles. The van der Waals surface area contributed by atoms with E-state index in [-0.39, 0.29) is 29.8 Å². The van der Waals surface area contributed by atoms with Crippen LogP contribution in [-0.4, -0.2) is 41.1 Å². The summed E-state index contributed by atoms with van der Waals surface area (Å²) >= 11 is 0. The number of carbonyl (C=O) groups excluding carboxylic acids is 1.